The van der Waals surface area contributed by atoms with Crippen LogP contribution in [0.25, 0.3) is 0 Å². The number of likely N-dealkylation sites (N-methyl/N-ethyl adjacent to an activating group) is 1. The van der Waals surface area contributed by atoms with Gasteiger partial charge in [0.1, 0.15) is 12.2 Å². The molecule has 5 nitrogen and oxygen atoms in total. The molecular weight excluding hydrogens is 220 g/mol. The van der Waals surface area contributed by atoms with E-state index >= 15 is 0 Å². The highest BCUT2D eigenvalue weighted by Crippen LogP contribution is 2.36. The Morgan fingerprint density at radius 2 is 1.88 bits per heavy atom. The third-order valence-electron chi connectivity index (χ3n) is 4.18. The lowest BCUT2D eigenvalue weighted by Crippen LogP contribution is -2.43. The Kier molecular flexibility index (Phi) is 4.38. The second kappa shape index (κ2) is 5.63. The molecule has 2 aliphatic rings. The van der Waals surface area contributed by atoms with Gasteiger partial charge in [-0.2, -0.15) is 0 Å². The first-order chi connectivity index (χ1) is 8.26. The zero-order valence-electron chi connectivity index (χ0n) is 11.2. The molecule has 0 spiro atoms. The summed E-state index contributed by atoms with van der Waals surface area (Å²) >= 11 is 0. The van der Waals surface area contributed by atoms with Gasteiger partial charge in [0, 0.05) is 40.0 Å². The lowest BCUT2D eigenvalue weighted by molar-refractivity contribution is -0.0392. The van der Waals surface area contributed by atoms with Gasteiger partial charge in [0.05, 0.1) is 12.6 Å². The van der Waals surface area contributed by atoms with E-state index in [1.54, 1.807) is 21.3 Å². The minimum Gasteiger partial charge on any atom is -0.383 e. The summed E-state index contributed by atoms with van der Waals surface area (Å²) in [6.07, 6.45) is 1.39. The van der Waals surface area contributed by atoms with Crippen LogP contribution >= 0.6 is 0 Å². The van der Waals surface area contributed by atoms with Crippen LogP contribution in [0.1, 0.15) is 6.42 Å². The fraction of sp³-hybridized carbons (Fsp3) is 1.00. The van der Waals surface area contributed by atoms with E-state index in [9.17, 15) is 0 Å². The number of rotatable bonds is 5. The van der Waals surface area contributed by atoms with Gasteiger partial charge >= 0.3 is 0 Å². The van der Waals surface area contributed by atoms with Crippen LogP contribution in [0.4, 0.5) is 0 Å². The fourth-order valence-corrected chi connectivity index (χ4v) is 3.37. The Balaban J connectivity index is 2.14. The van der Waals surface area contributed by atoms with E-state index < -0.39 is 0 Å². The van der Waals surface area contributed by atoms with E-state index in [0.29, 0.717) is 24.7 Å². The Hall–Kier alpha value is -0.200. The minimum atomic E-state index is 0.114. The average Bonchev–Trinajstić information content (AvgIpc) is 2.86. The summed E-state index contributed by atoms with van der Waals surface area (Å²) in [5, 5.41) is 3.35. The molecule has 0 radical (unpaired) electrons. The van der Waals surface area contributed by atoms with E-state index in [0.717, 1.165) is 13.0 Å². The number of fused-ring (bicyclic) bond motifs is 1. The van der Waals surface area contributed by atoms with Crippen LogP contribution in [0.3, 0.4) is 0 Å². The maximum absolute atomic E-state index is 5.65. The largest absolute Gasteiger partial charge is 0.383 e. The molecule has 2 saturated heterocycles. The SMILES string of the molecule is CNC1CC2C(OC)C(OC)C(COC)N2C1. The zero-order valence-corrected chi connectivity index (χ0v) is 11.2. The molecule has 2 heterocycles. The summed E-state index contributed by atoms with van der Waals surface area (Å²) in [5.41, 5.74) is 0. The molecule has 5 heteroatoms. The molecule has 0 aromatic rings. The molecule has 2 aliphatic heterocycles. The van der Waals surface area contributed by atoms with Crippen LogP contribution in [0.15, 0.2) is 0 Å². The highest BCUT2D eigenvalue weighted by molar-refractivity contribution is 5.08. The van der Waals surface area contributed by atoms with Gasteiger partial charge in [-0.1, -0.05) is 0 Å². The molecule has 17 heavy (non-hydrogen) atoms. The maximum Gasteiger partial charge on any atom is 0.102 e. The molecular formula is C12H24N2O3. The molecule has 0 aromatic carbocycles. The smallest absolute Gasteiger partial charge is 0.102 e. The van der Waals surface area contributed by atoms with Crippen molar-refractivity contribution in [2.45, 2.75) is 36.8 Å². The number of methoxy groups -OCH3 is 3. The van der Waals surface area contributed by atoms with Crippen LogP contribution in [-0.2, 0) is 14.2 Å². The van der Waals surface area contributed by atoms with Gasteiger partial charge in [-0.05, 0) is 13.5 Å². The molecule has 0 amide bonds. The van der Waals surface area contributed by atoms with E-state index in [1.165, 1.54) is 0 Å². The van der Waals surface area contributed by atoms with Gasteiger partial charge in [-0.25, -0.2) is 0 Å². The van der Waals surface area contributed by atoms with Gasteiger partial charge in [0.25, 0.3) is 0 Å². The molecule has 0 bridgehead atoms. The van der Waals surface area contributed by atoms with Crippen molar-refractivity contribution >= 4 is 0 Å². The Morgan fingerprint density at radius 1 is 1.18 bits per heavy atom. The second-order valence-electron chi connectivity index (χ2n) is 4.91. The van der Waals surface area contributed by atoms with Crippen molar-refractivity contribution in [3.05, 3.63) is 0 Å². The van der Waals surface area contributed by atoms with Crippen LogP contribution in [0.2, 0.25) is 0 Å². The van der Waals surface area contributed by atoms with Gasteiger partial charge in [0.2, 0.25) is 0 Å². The van der Waals surface area contributed by atoms with Crippen molar-refractivity contribution in [1.29, 1.82) is 0 Å². The van der Waals surface area contributed by atoms with E-state index in [4.69, 9.17) is 14.2 Å². The molecule has 0 saturated carbocycles. The van der Waals surface area contributed by atoms with Crippen LogP contribution in [-0.4, -0.2) is 76.8 Å². The normalized spacial score (nSPS) is 42.0. The minimum absolute atomic E-state index is 0.114. The number of ether oxygens (including phenoxy) is 3. The molecule has 1 N–H and O–H groups in total. The standard InChI is InChI=1S/C12H24N2O3/c1-13-8-5-9-11(16-3)12(17-4)10(7-15-2)14(9)6-8/h8-13H,5-7H2,1-4H3. The summed E-state index contributed by atoms with van der Waals surface area (Å²) in [6.45, 7) is 1.75. The summed E-state index contributed by atoms with van der Waals surface area (Å²) in [7, 11) is 7.30. The third-order valence-corrected chi connectivity index (χ3v) is 4.18. The molecule has 2 rings (SSSR count). The van der Waals surface area contributed by atoms with Crippen molar-refractivity contribution in [3.8, 4) is 0 Å². The van der Waals surface area contributed by atoms with E-state index in [-0.39, 0.29) is 12.2 Å². The summed E-state index contributed by atoms with van der Waals surface area (Å²) < 4.78 is 16.6. The summed E-state index contributed by atoms with van der Waals surface area (Å²) in [6, 6.07) is 1.30. The predicted octanol–water partition coefficient (Wildman–Crippen LogP) is -0.293. The van der Waals surface area contributed by atoms with Crippen LogP contribution < -0.4 is 5.32 Å². The topological polar surface area (TPSA) is 43.0 Å². The lowest BCUT2D eigenvalue weighted by Gasteiger charge is -2.26. The molecule has 5 unspecified atom stereocenters. The highest BCUT2D eigenvalue weighted by atomic mass is 16.5. The Morgan fingerprint density at radius 3 is 2.41 bits per heavy atom. The molecule has 0 aromatic heterocycles. The molecule has 5 atom stereocenters. The monoisotopic (exact) mass is 244 g/mol. The number of nitrogens with one attached hydrogen (secondary N) is 1. The van der Waals surface area contributed by atoms with Gasteiger partial charge in [0.15, 0.2) is 0 Å². The third kappa shape index (κ3) is 2.22. The molecule has 2 fully saturated rings. The first kappa shape index (κ1) is 13.2. The Labute approximate surface area is 103 Å². The summed E-state index contributed by atoms with van der Waals surface area (Å²) in [4.78, 5) is 2.48. The quantitative estimate of drug-likeness (QED) is 0.720. The number of hydrogen-bond donors (Lipinski definition) is 1. The average molecular weight is 244 g/mol. The van der Waals surface area contributed by atoms with Crippen molar-refractivity contribution in [2.75, 3.05) is 41.5 Å². The first-order valence-electron chi connectivity index (χ1n) is 6.24. The van der Waals surface area contributed by atoms with Crippen molar-refractivity contribution < 1.29 is 14.2 Å². The number of nitrogens with zero attached hydrogens (tertiary/aromatic N) is 1. The Bertz CT molecular complexity index is 252. The zero-order chi connectivity index (χ0) is 12.4. The van der Waals surface area contributed by atoms with Gasteiger partial charge in [-0.3, -0.25) is 4.90 Å². The summed E-state index contributed by atoms with van der Waals surface area (Å²) in [5.74, 6) is 0. The van der Waals surface area contributed by atoms with E-state index in [1.807, 2.05) is 7.05 Å². The molecule has 100 valence electrons. The van der Waals surface area contributed by atoms with Crippen LogP contribution in [0, 0.1) is 0 Å². The maximum atomic E-state index is 5.65. The number of hydrogen-bond acceptors (Lipinski definition) is 5. The van der Waals surface area contributed by atoms with Crippen molar-refractivity contribution in [1.82, 2.24) is 10.2 Å². The van der Waals surface area contributed by atoms with Gasteiger partial charge < -0.3 is 19.5 Å². The van der Waals surface area contributed by atoms with Crippen LogP contribution in [0.5, 0.6) is 0 Å². The molecule has 0 aliphatic carbocycles. The van der Waals surface area contributed by atoms with Crippen molar-refractivity contribution in [3.63, 3.8) is 0 Å². The van der Waals surface area contributed by atoms with Crippen molar-refractivity contribution in [2.24, 2.45) is 0 Å². The second-order valence-corrected chi connectivity index (χ2v) is 4.91. The predicted molar refractivity (Wildman–Crippen MR) is 65.2 cm³/mol. The highest BCUT2D eigenvalue weighted by Gasteiger charge is 2.53. The van der Waals surface area contributed by atoms with Gasteiger partial charge in [-0.15, -0.1) is 0 Å². The lowest BCUT2D eigenvalue weighted by atomic mass is 10.0. The fourth-order valence-electron chi connectivity index (χ4n) is 3.37. The van der Waals surface area contributed by atoms with E-state index in [2.05, 4.69) is 10.2 Å². The first-order valence-corrected chi connectivity index (χ1v) is 6.24.